The third kappa shape index (κ3) is 3.68. The fourth-order valence-corrected chi connectivity index (χ4v) is 1.91. The lowest BCUT2D eigenvalue weighted by atomic mass is 10.1. The van der Waals surface area contributed by atoms with Gasteiger partial charge in [0.05, 0.1) is 0 Å². The number of aliphatic hydroxyl groups is 1. The first-order chi connectivity index (χ1) is 9.06. The van der Waals surface area contributed by atoms with Crippen molar-refractivity contribution in [1.29, 1.82) is 0 Å². The zero-order valence-corrected chi connectivity index (χ0v) is 11.6. The van der Waals surface area contributed by atoms with E-state index in [1.54, 1.807) is 30.3 Å². The van der Waals surface area contributed by atoms with Crippen LogP contribution in [0.25, 0.3) is 0 Å². The molecule has 100 valence electrons. The Morgan fingerprint density at radius 2 is 1.89 bits per heavy atom. The number of hydrogen-bond acceptors (Lipinski definition) is 3. The largest absolute Gasteiger partial charge is 0.487 e. The first kappa shape index (κ1) is 13.8. The number of anilines is 1. The summed E-state index contributed by atoms with van der Waals surface area (Å²) in [6, 6.07) is 11.2. The molecule has 0 spiro atoms. The Balaban J connectivity index is 2.02. The number of ether oxygens (including phenoxy) is 1. The molecule has 0 bridgehead atoms. The van der Waals surface area contributed by atoms with Gasteiger partial charge in [0.25, 0.3) is 0 Å². The summed E-state index contributed by atoms with van der Waals surface area (Å²) in [4.78, 5) is 0. The fraction of sp³-hybridized carbons (Fsp3) is 0.143. The average Bonchev–Trinajstić information content (AvgIpc) is 2.40. The van der Waals surface area contributed by atoms with E-state index in [2.05, 4.69) is 15.9 Å². The fourth-order valence-electron chi connectivity index (χ4n) is 1.57. The second-order valence-corrected chi connectivity index (χ2v) is 4.98. The first-order valence-corrected chi connectivity index (χ1v) is 6.47. The van der Waals surface area contributed by atoms with E-state index in [1.807, 2.05) is 0 Å². The summed E-state index contributed by atoms with van der Waals surface area (Å²) in [5, 5.41) is 9.93. The molecule has 0 radical (unpaired) electrons. The second-order valence-electron chi connectivity index (χ2n) is 4.07. The van der Waals surface area contributed by atoms with Crippen molar-refractivity contribution in [3.63, 3.8) is 0 Å². The summed E-state index contributed by atoms with van der Waals surface area (Å²) < 4.78 is 19.4. The van der Waals surface area contributed by atoms with Gasteiger partial charge in [-0.05, 0) is 35.9 Å². The van der Waals surface area contributed by atoms with Gasteiger partial charge in [-0.2, -0.15) is 0 Å². The van der Waals surface area contributed by atoms with Crippen molar-refractivity contribution in [3.8, 4) is 5.75 Å². The van der Waals surface area contributed by atoms with Crippen LogP contribution in [0.15, 0.2) is 46.9 Å². The Labute approximate surface area is 118 Å². The van der Waals surface area contributed by atoms with Gasteiger partial charge in [0, 0.05) is 10.2 Å². The topological polar surface area (TPSA) is 55.5 Å². The maximum absolute atomic E-state index is 13.4. The second kappa shape index (κ2) is 6.04. The molecule has 0 aliphatic carbocycles. The average molecular weight is 326 g/mol. The van der Waals surface area contributed by atoms with E-state index < -0.39 is 11.9 Å². The molecule has 1 unspecified atom stereocenters. The maximum atomic E-state index is 13.4. The number of aliphatic hydroxyl groups excluding tert-OH is 1. The molecule has 3 N–H and O–H groups in total. The minimum absolute atomic E-state index is 0.0305. The van der Waals surface area contributed by atoms with Crippen LogP contribution in [0.3, 0.4) is 0 Å². The highest BCUT2D eigenvalue weighted by Gasteiger charge is 2.10. The Kier molecular flexibility index (Phi) is 4.39. The highest BCUT2D eigenvalue weighted by Crippen LogP contribution is 2.24. The highest BCUT2D eigenvalue weighted by atomic mass is 79.9. The lowest BCUT2D eigenvalue weighted by molar-refractivity contribution is 0.106. The standard InChI is InChI=1S/C14H13BrFNO2/c15-10-3-6-12(16)14(7-10)19-8-13(18)9-1-4-11(17)5-2-9/h1-7,13,18H,8,17H2. The van der Waals surface area contributed by atoms with Gasteiger partial charge in [-0.25, -0.2) is 4.39 Å². The monoisotopic (exact) mass is 325 g/mol. The van der Waals surface area contributed by atoms with Crippen molar-refractivity contribution in [2.45, 2.75) is 6.10 Å². The summed E-state index contributed by atoms with van der Waals surface area (Å²) in [6.45, 7) is -0.0305. The van der Waals surface area contributed by atoms with Gasteiger partial charge in [-0.1, -0.05) is 28.1 Å². The molecule has 0 aromatic heterocycles. The number of benzene rings is 2. The van der Waals surface area contributed by atoms with Gasteiger partial charge in [-0.15, -0.1) is 0 Å². The number of hydrogen-bond donors (Lipinski definition) is 2. The third-order valence-corrected chi connectivity index (χ3v) is 3.10. The van der Waals surface area contributed by atoms with E-state index in [1.165, 1.54) is 12.1 Å². The van der Waals surface area contributed by atoms with Crippen LogP contribution in [-0.4, -0.2) is 11.7 Å². The van der Waals surface area contributed by atoms with Crippen molar-refractivity contribution < 1.29 is 14.2 Å². The maximum Gasteiger partial charge on any atom is 0.165 e. The summed E-state index contributed by atoms with van der Waals surface area (Å²) >= 11 is 3.23. The normalized spacial score (nSPS) is 12.2. The first-order valence-electron chi connectivity index (χ1n) is 5.67. The van der Waals surface area contributed by atoms with Crippen molar-refractivity contribution >= 4 is 21.6 Å². The Hall–Kier alpha value is -1.59. The van der Waals surface area contributed by atoms with E-state index in [-0.39, 0.29) is 12.4 Å². The van der Waals surface area contributed by atoms with Crippen molar-refractivity contribution in [2.24, 2.45) is 0 Å². The van der Waals surface area contributed by atoms with Crippen molar-refractivity contribution in [1.82, 2.24) is 0 Å². The molecule has 0 aliphatic rings. The number of halogens is 2. The van der Waals surface area contributed by atoms with Gasteiger partial charge in [-0.3, -0.25) is 0 Å². The van der Waals surface area contributed by atoms with E-state index in [4.69, 9.17) is 10.5 Å². The molecule has 0 saturated carbocycles. The van der Waals surface area contributed by atoms with Gasteiger partial charge < -0.3 is 15.6 Å². The molecule has 2 aromatic carbocycles. The quantitative estimate of drug-likeness (QED) is 0.848. The van der Waals surface area contributed by atoms with Crippen LogP contribution in [0.5, 0.6) is 5.75 Å². The molecule has 2 rings (SSSR count). The molecule has 0 heterocycles. The van der Waals surface area contributed by atoms with E-state index in [0.717, 1.165) is 0 Å². The molecule has 0 aliphatic heterocycles. The van der Waals surface area contributed by atoms with E-state index >= 15 is 0 Å². The Morgan fingerprint density at radius 1 is 1.21 bits per heavy atom. The highest BCUT2D eigenvalue weighted by molar-refractivity contribution is 9.10. The molecule has 5 heteroatoms. The number of nitrogens with two attached hydrogens (primary N) is 1. The van der Waals surface area contributed by atoms with Crippen LogP contribution in [0.1, 0.15) is 11.7 Å². The summed E-state index contributed by atoms with van der Waals surface area (Å²) in [7, 11) is 0. The minimum atomic E-state index is -0.834. The van der Waals surface area contributed by atoms with Gasteiger partial charge in [0.2, 0.25) is 0 Å². The van der Waals surface area contributed by atoms with Gasteiger partial charge >= 0.3 is 0 Å². The summed E-state index contributed by atoms with van der Waals surface area (Å²) in [6.07, 6.45) is -0.834. The molecule has 0 amide bonds. The van der Waals surface area contributed by atoms with E-state index in [9.17, 15) is 9.50 Å². The SMILES string of the molecule is Nc1ccc(C(O)COc2cc(Br)ccc2F)cc1. The Morgan fingerprint density at radius 3 is 2.58 bits per heavy atom. The van der Waals surface area contributed by atoms with Gasteiger partial charge in [0.15, 0.2) is 11.6 Å². The minimum Gasteiger partial charge on any atom is -0.487 e. The number of nitrogen functional groups attached to an aromatic ring is 1. The number of rotatable bonds is 4. The molecule has 0 fully saturated rings. The lowest BCUT2D eigenvalue weighted by Gasteiger charge is -2.13. The van der Waals surface area contributed by atoms with Crippen LogP contribution in [0, 0.1) is 5.82 Å². The molecule has 0 saturated heterocycles. The molecular weight excluding hydrogens is 313 g/mol. The van der Waals surface area contributed by atoms with Crippen molar-refractivity contribution in [3.05, 3.63) is 58.3 Å². The van der Waals surface area contributed by atoms with Crippen LogP contribution in [-0.2, 0) is 0 Å². The van der Waals surface area contributed by atoms with Crippen molar-refractivity contribution in [2.75, 3.05) is 12.3 Å². The van der Waals surface area contributed by atoms with Crippen LogP contribution in [0.4, 0.5) is 10.1 Å². The van der Waals surface area contributed by atoms with Crippen LogP contribution in [0.2, 0.25) is 0 Å². The predicted molar refractivity (Wildman–Crippen MR) is 75.4 cm³/mol. The Bertz CT molecular complexity index is 560. The van der Waals surface area contributed by atoms with E-state index in [0.29, 0.717) is 15.7 Å². The zero-order chi connectivity index (χ0) is 13.8. The summed E-state index contributed by atoms with van der Waals surface area (Å²) in [5.74, 6) is -0.364. The molecule has 1 atom stereocenters. The molecular formula is C14H13BrFNO2. The molecule has 2 aromatic rings. The van der Waals surface area contributed by atoms with Gasteiger partial charge in [0.1, 0.15) is 12.7 Å². The predicted octanol–water partition coefficient (Wildman–Crippen LogP) is 3.28. The third-order valence-electron chi connectivity index (χ3n) is 2.61. The summed E-state index contributed by atoms with van der Waals surface area (Å²) in [5.41, 5.74) is 6.85. The van der Waals surface area contributed by atoms with Crippen LogP contribution >= 0.6 is 15.9 Å². The van der Waals surface area contributed by atoms with Crippen LogP contribution < -0.4 is 10.5 Å². The molecule has 19 heavy (non-hydrogen) atoms. The zero-order valence-electron chi connectivity index (χ0n) is 10.0. The molecule has 3 nitrogen and oxygen atoms in total. The smallest absolute Gasteiger partial charge is 0.165 e. The lowest BCUT2D eigenvalue weighted by Crippen LogP contribution is -2.10.